The van der Waals surface area contributed by atoms with E-state index in [2.05, 4.69) is 25.6 Å². The van der Waals surface area contributed by atoms with E-state index in [-0.39, 0.29) is 31.2 Å². The van der Waals surface area contributed by atoms with Crippen molar-refractivity contribution in [3.05, 3.63) is 84.2 Å². The smallest absolute Gasteiger partial charge is 0.410 e. The molecule has 2 aliphatic rings. The van der Waals surface area contributed by atoms with E-state index < -0.39 is 48.3 Å². The summed E-state index contributed by atoms with van der Waals surface area (Å²) in [6.07, 6.45) is 8.52. The number of pyridine rings is 1. The number of hydrogen-bond acceptors (Lipinski definition) is 9. The maximum absolute atomic E-state index is 14.2. The number of aromatic nitrogens is 3. The van der Waals surface area contributed by atoms with Crippen LogP contribution in [0.4, 0.5) is 4.79 Å². The fraction of sp³-hybridized carbons (Fsp3) is 0.553. The summed E-state index contributed by atoms with van der Waals surface area (Å²) in [7, 11) is 0. The lowest BCUT2D eigenvalue weighted by atomic mass is 9.82. The van der Waals surface area contributed by atoms with Crippen molar-refractivity contribution in [3.63, 3.8) is 0 Å². The molecule has 13 nitrogen and oxygen atoms in total. The molecule has 1 aliphatic heterocycles. The number of carbonyl (C=O) groups excluding carboxylic acids is 3. The standard InChI is InChI=1S/C38H53N7O6/c39-28-16-19-45(20-17-28)38(50)51-34(22-27-11-5-2-6-12-27)37(49)44-32(23-30-24-40-25-42-30)36(48)43-31(21-26-9-3-1-4-10-26)35(47)33(46)15-14-29-13-7-8-18-41-29/h2,5-8,11-13,18,24-26,28,31-35,46-47H,1,3-4,9-10,14-17,19-23,39H2,(H,40,42)(H,43,48)(H,44,49)/t31-,32-,33-,34-,35+/m0/s1. The summed E-state index contributed by atoms with van der Waals surface area (Å²) in [5.41, 5.74) is 8.22. The van der Waals surface area contributed by atoms with Gasteiger partial charge in [-0.1, -0.05) is 68.5 Å². The number of benzene rings is 1. The number of aromatic amines is 1. The van der Waals surface area contributed by atoms with Crippen molar-refractivity contribution in [3.8, 4) is 0 Å². The first-order valence-electron chi connectivity index (χ1n) is 18.3. The molecule has 3 heterocycles. The number of aliphatic hydroxyl groups is 2. The van der Waals surface area contributed by atoms with Gasteiger partial charge in [0.2, 0.25) is 5.91 Å². The molecule has 5 rings (SSSR count). The van der Waals surface area contributed by atoms with Gasteiger partial charge in [0.15, 0.2) is 6.10 Å². The fourth-order valence-corrected chi connectivity index (χ4v) is 7.01. The van der Waals surface area contributed by atoms with Gasteiger partial charge in [-0.2, -0.15) is 0 Å². The third-order valence-corrected chi connectivity index (χ3v) is 10.1. The molecule has 0 radical (unpaired) electrons. The summed E-state index contributed by atoms with van der Waals surface area (Å²) < 4.78 is 5.83. The summed E-state index contributed by atoms with van der Waals surface area (Å²) in [6.45, 7) is 0.867. The van der Waals surface area contributed by atoms with Crippen LogP contribution in [0.2, 0.25) is 0 Å². The average Bonchev–Trinajstić information content (AvgIpc) is 3.67. The molecule has 1 saturated carbocycles. The van der Waals surface area contributed by atoms with Crippen LogP contribution in [0.1, 0.15) is 74.7 Å². The van der Waals surface area contributed by atoms with Gasteiger partial charge in [0.25, 0.3) is 5.91 Å². The van der Waals surface area contributed by atoms with Gasteiger partial charge in [0, 0.05) is 55.8 Å². The number of ether oxygens (including phenoxy) is 1. The van der Waals surface area contributed by atoms with Gasteiger partial charge in [-0.3, -0.25) is 14.6 Å². The van der Waals surface area contributed by atoms with Gasteiger partial charge >= 0.3 is 6.09 Å². The lowest BCUT2D eigenvalue weighted by molar-refractivity contribution is -0.135. The highest BCUT2D eigenvalue weighted by Gasteiger charge is 2.35. The van der Waals surface area contributed by atoms with Crippen molar-refractivity contribution in [1.29, 1.82) is 0 Å². The van der Waals surface area contributed by atoms with Gasteiger partial charge in [-0.05, 0) is 55.7 Å². The topological polar surface area (TPSA) is 196 Å². The Morgan fingerprint density at radius 2 is 1.69 bits per heavy atom. The van der Waals surface area contributed by atoms with Crippen LogP contribution >= 0.6 is 0 Å². The minimum atomic E-state index is -1.24. The molecular weight excluding hydrogens is 650 g/mol. The Balaban J connectivity index is 1.32. The Morgan fingerprint density at radius 3 is 2.37 bits per heavy atom. The Bertz CT molecular complexity index is 1480. The first kappa shape index (κ1) is 37.9. The van der Waals surface area contributed by atoms with E-state index in [1.807, 2.05) is 48.5 Å². The van der Waals surface area contributed by atoms with Crippen LogP contribution in [-0.4, -0.2) is 97.5 Å². The zero-order valence-electron chi connectivity index (χ0n) is 29.2. The lowest BCUT2D eigenvalue weighted by Crippen LogP contribution is -2.57. The normalized spacial score (nSPS) is 18.6. The second-order valence-electron chi connectivity index (χ2n) is 14.0. The molecule has 0 spiro atoms. The second-order valence-corrected chi connectivity index (χ2v) is 14.0. The van der Waals surface area contributed by atoms with Crippen LogP contribution < -0.4 is 16.4 Å². The van der Waals surface area contributed by atoms with Gasteiger partial charge in [0.05, 0.1) is 18.5 Å². The first-order chi connectivity index (χ1) is 24.7. The number of aliphatic hydroxyl groups excluding tert-OH is 2. The predicted molar refractivity (Wildman–Crippen MR) is 191 cm³/mol. The summed E-state index contributed by atoms with van der Waals surface area (Å²) in [5, 5.41) is 28.5. The minimum Gasteiger partial charge on any atom is -0.436 e. The molecule has 7 N–H and O–H groups in total. The van der Waals surface area contributed by atoms with Crippen LogP contribution in [0.25, 0.3) is 0 Å². The van der Waals surface area contributed by atoms with E-state index in [0.717, 1.165) is 43.4 Å². The Hall–Kier alpha value is -4.33. The van der Waals surface area contributed by atoms with E-state index in [1.165, 1.54) is 6.33 Å². The number of piperidine rings is 1. The number of nitrogens with two attached hydrogens (primary N) is 1. The zero-order valence-corrected chi connectivity index (χ0v) is 29.2. The van der Waals surface area contributed by atoms with E-state index in [4.69, 9.17) is 10.5 Å². The van der Waals surface area contributed by atoms with Crippen LogP contribution in [-0.2, 0) is 33.6 Å². The van der Waals surface area contributed by atoms with Crippen LogP contribution in [0.5, 0.6) is 0 Å². The number of carbonyl (C=O) groups is 3. The van der Waals surface area contributed by atoms with Crippen LogP contribution in [0, 0.1) is 5.92 Å². The number of aryl methyl sites for hydroxylation is 1. The minimum absolute atomic E-state index is 0.0154. The molecule has 276 valence electrons. The number of likely N-dealkylation sites (tertiary alicyclic amines) is 1. The maximum atomic E-state index is 14.2. The average molecular weight is 704 g/mol. The van der Waals surface area contributed by atoms with E-state index in [9.17, 15) is 24.6 Å². The van der Waals surface area contributed by atoms with Crippen molar-refractivity contribution in [2.75, 3.05) is 13.1 Å². The summed E-state index contributed by atoms with van der Waals surface area (Å²) in [4.78, 5) is 54.3. The molecule has 0 bridgehead atoms. The van der Waals surface area contributed by atoms with E-state index in [1.54, 1.807) is 17.3 Å². The highest BCUT2D eigenvalue weighted by atomic mass is 16.6. The van der Waals surface area contributed by atoms with Crippen molar-refractivity contribution >= 4 is 17.9 Å². The maximum Gasteiger partial charge on any atom is 0.410 e. The third-order valence-electron chi connectivity index (χ3n) is 10.1. The first-order valence-corrected chi connectivity index (χ1v) is 18.3. The summed E-state index contributed by atoms with van der Waals surface area (Å²) >= 11 is 0. The Morgan fingerprint density at radius 1 is 0.941 bits per heavy atom. The molecule has 3 amide bonds. The Kier molecular flexibility index (Phi) is 14.4. The molecule has 2 aromatic heterocycles. The number of imidazole rings is 1. The fourth-order valence-electron chi connectivity index (χ4n) is 7.01. The van der Waals surface area contributed by atoms with Crippen molar-refractivity contribution in [1.82, 2.24) is 30.5 Å². The number of hydrogen-bond donors (Lipinski definition) is 6. The second kappa shape index (κ2) is 19.3. The lowest BCUT2D eigenvalue weighted by Gasteiger charge is -2.33. The van der Waals surface area contributed by atoms with E-state index in [0.29, 0.717) is 44.5 Å². The summed E-state index contributed by atoms with van der Waals surface area (Å²) in [5.74, 6) is -0.869. The van der Waals surface area contributed by atoms with Crippen molar-refractivity contribution in [2.24, 2.45) is 11.7 Å². The van der Waals surface area contributed by atoms with Crippen LogP contribution in [0.3, 0.4) is 0 Å². The van der Waals surface area contributed by atoms with Crippen LogP contribution in [0.15, 0.2) is 67.3 Å². The highest BCUT2D eigenvalue weighted by Crippen LogP contribution is 2.29. The highest BCUT2D eigenvalue weighted by molar-refractivity contribution is 5.90. The zero-order chi connectivity index (χ0) is 36.0. The largest absolute Gasteiger partial charge is 0.436 e. The number of H-pyrrole nitrogens is 1. The number of rotatable bonds is 16. The van der Waals surface area contributed by atoms with E-state index >= 15 is 0 Å². The molecule has 1 aliphatic carbocycles. The summed E-state index contributed by atoms with van der Waals surface area (Å²) in [6, 6.07) is 13.0. The van der Waals surface area contributed by atoms with Gasteiger partial charge in [-0.25, -0.2) is 9.78 Å². The number of amides is 3. The predicted octanol–water partition coefficient (Wildman–Crippen LogP) is 2.81. The quantitative estimate of drug-likeness (QED) is 0.130. The molecular formula is C38H53N7O6. The monoisotopic (exact) mass is 703 g/mol. The molecule has 1 saturated heterocycles. The molecule has 13 heteroatoms. The van der Waals surface area contributed by atoms with Gasteiger partial charge < -0.3 is 41.2 Å². The van der Waals surface area contributed by atoms with Gasteiger partial charge in [-0.15, -0.1) is 0 Å². The SMILES string of the molecule is NC1CCN(C(=O)O[C@@H](Cc2ccccc2)C(=O)N[C@@H](Cc2cnc[nH]2)C(=O)N[C@@H](CC2CCCCC2)[C@@H](O)[C@@H](O)CCc2ccccn2)CC1. The number of nitrogens with zero attached hydrogens (tertiary/aromatic N) is 3. The molecule has 51 heavy (non-hydrogen) atoms. The molecule has 1 aromatic carbocycles. The van der Waals surface area contributed by atoms with Crippen molar-refractivity contribution < 1.29 is 29.3 Å². The molecule has 0 unspecified atom stereocenters. The Labute approximate surface area is 299 Å². The third kappa shape index (κ3) is 11.9. The molecule has 3 aromatic rings. The van der Waals surface area contributed by atoms with Gasteiger partial charge in [0.1, 0.15) is 12.1 Å². The van der Waals surface area contributed by atoms with Crippen molar-refractivity contribution in [2.45, 2.75) is 113 Å². The number of nitrogens with one attached hydrogen (secondary N) is 3. The molecule has 5 atom stereocenters. The molecule has 2 fully saturated rings.